The molecule has 0 atom stereocenters. The summed E-state index contributed by atoms with van der Waals surface area (Å²) in [5, 5.41) is 0. The van der Waals surface area contributed by atoms with Crippen molar-refractivity contribution in [3.8, 4) is 0 Å². The van der Waals surface area contributed by atoms with Gasteiger partial charge in [-0.15, -0.1) is 0 Å². The van der Waals surface area contributed by atoms with E-state index in [1.807, 2.05) is 6.92 Å². The Labute approximate surface area is 92.5 Å². The highest BCUT2D eigenvalue weighted by Crippen LogP contribution is 2.12. The van der Waals surface area contributed by atoms with Gasteiger partial charge in [-0.05, 0) is 19.1 Å². The molecule has 0 fully saturated rings. The van der Waals surface area contributed by atoms with E-state index >= 15 is 0 Å². The lowest BCUT2D eigenvalue weighted by Crippen LogP contribution is -2.13. The second-order valence-electron chi connectivity index (χ2n) is 3.10. The zero-order chi connectivity index (χ0) is 12.0. The van der Waals surface area contributed by atoms with Crippen molar-refractivity contribution < 1.29 is 18.3 Å². The van der Waals surface area contributed by atoms with Crippen LogP contribution in [-0.2, 0) is 4.74 Å². The molecule has 16 heavy (non-hydrogen) atoms. The molecule has 0 unspecified atom stereocenters. The van der Waals surface area contributed by atoms with Gasteiger partial charge in [0.25, 0.3) is 0 Å². The Bertz CT molecular complexity index is 380. The number of halogens is 2. The van der Waals surface area contributed by atoms with Crippen molar-refractivity contribution in [1.82, 2.24) is 0 Å². The number of ether oxygens (including phenoxy) is 1. The summed E-state index contributed by atoms with van der Waals surface area (Å²) in [6.07, 6.45) is 3.46. The highest BCUT2D eigenvalue weighted by atomic mass is 19.1. The Kier molecular flexibility index (Phi) is 4.79. The first-order valence-corrected chi connectivity index (χ1v) is 4.83. The minimum Gasteiger partial charge on any atom is -0.369 e. The van der Waals surface area contributed by atoms with Crippen LogP contribution in [0.15, 0.2) is 30.4 Å². The first kappa shape index (κ1) is 12.5. The van der Waals surface area contributed by atoms with Gasteiger partial charge in [-0.25, -0.2) is 8.78 Å². The molecule has 1 aromatic carbocycles. The van der Waals surface area contributed by atoms with E-state index < -0.39 is 23.0 Å². The molecule has 0 radical (unpaired) electrons. The third kappa shape index (κ3) is 3.24. The lowest BCUT2D eigenvalue weighted by Gasteiger charge is -2.03. The molecule has 0 N–H and O–H groups in total. The van der Waals surface area contributed by atoms with Crippen LogP contribution in [0.5, 0.6) is 0 Å². The summed E-state index contributed by atoms with van der Waals surface area (Å²) in [6.45, 7) is 1.72. The zero-order valence-electron chi connectivity index (χ0n) is 8.87. The molecular formula is C12H12F2O2. The fourth-order valence-electron chi connectivity index (χ4n) is 1.15. The van der Waals surface area contributed by atoms with Crippen molar-refractivity contribution in [1.29, 1.82) is 0 Å². The predicted octanol–water partition coefficient (Wildman–Crippen LogP) is 2.74. The molecule has 0 aromatic heterocycles. The highest BCUT2D eigenvalue weighted by molar-refractivity contribution is 5.97. The average Bonchev–Trinajstić information content (AvgIpc) is 2.24. The van der Waals surface area contributed by atoms with Crippen LogP contribution in [0.3, 0.4) is 0 Å². The van der Waals surface area contributed by atoms with Gasteiger partial charge in [0.1, 0.15) is 18.2 Å². The van der Waals surface area contributed by atoms with Crippen molar-refractivity contribution in [2.45, 2.75) is 6.92 Å². The molecule has 1 rings (SSSR count). The average molecular weight is 226 g/mol. The van der Waals surface area contributed by atoms with Crippen LogP contribution < -0.4 is 0 Å². The van der Waals surface area contributed by atoms with Crippen LogP contribution in [0.25, 0.3) is 0 Å². The van der Waals surface area contributed by atoms with Crippen LogP contribution in [0.2, 0.25) is 0 Å². The predicted molar refractivity (Wildman–Crippen MR) is 56.3 cm³/mol. The molecule has 0 aliphatic heterocycles. The molecule has 86 valence electrons. The van der Waals surface area contributed by atoms with Crippen LogP contribution in [0, 0.1) is 11.6 Å². The number of Topliss-reactive ketones (excluding diaryl/α,β-unsaturated/α-hetero) is 1. The first-order valence-electron chi connectivity index (χ1n) is 4.83. The second kappa shape index (κ2) is 6.12. The van der Waals surface area contributed by atoms with Crippen molar-refractivity contribution in [2.24, 2.45) is 0 Å². The molecule has 0 bridgehead atoms. The summed E-state index contributed by atoms with van der Waals surface area (Å²) < 4.78 is 31.2. The summed E-state index contributed by atoms with van der Waals surface area (Å²) in [5.74, 6) is -2.42. The van der Waals surface area contributed by atoms with Gasteiger partial charge >= 0.3 is 0 Å². The van der Waals surface area contributed by atoms with Gasteiger partial charge in [0.05, 0.1) is 12.2 Å². The highest BCUT2D eigenvalue weighted by Gasteiger charge is 2.16. The van der Waals surface area contributed by atoms with Gasteiger partial charge in [-0.3, -0.25) is 4.79 Å². The Morgan fingerprint density at radius 1 is 1.38 bits per heavy atom. The molecular weight excluding hydrogens is 214 g/mol. The minimum atomic E-state index is -0.861. The first-order chi connectivity index (χ1) is 7.66. The van der Waals surface area contributed by atoms with E-state index in [1.165, 1.54) is 6.07 Å². The molecule has 0 aliphatic rings. The van der Waals surface area contributed by atoms with Gasteiger partial charge in [-0.2, -0.15) is 0 Å². The van der Waals surface area contributed by atoms with E-state index in [0.29, 0.717) is 0 Å². The lowest BCUT2D eigenvalue weighted by molar-refractivity contribution is 0.0797. The number of carbonyl (C=O) groups excluding carboxylic acids is 1. The van der Waals surface area contributed by atoms with E-state index in [1.54, 1.807) is 12.2 Å². The Morgan fingerprint density at radius 3 is 2.56 bits per heavy atom. The number of allylic oxidation sites excluding steroid dienone is 1. The summed E-state index contributed by atoms with van der Waals surface area (Å²) in [6, 6.07) is 3.30. The van der Waals surface area contributed by atoms with Crippen molar-refractivity contribution in [2.75, 3.05) is 13.2 Å². The van der Waals surface area contributed by atoms with Gasteiger partial charge in [0.2, 0.25) is 0 Å². The number of carbonyl (C=O) groups is 1. The Hall–Kier alpha value is -1.55. The van der Waals surface area contributed by atoms with Gasteiger partial charge in [0.15, 0.2) is 5.78 Å². The molecule has 0 aliphatic carbocycles. The molecule has 0 heterocycles. The summed E-state index contributed by atoms with van der Waals surface area (Å²) in [5.41, 5.74) is -0.539. The molecule has 0 amide bonds. The maximum atomic E-state index is 13.1. The summed E-state index contributed by atoms with van der Waals surface area (Å²) >= 11 is 0. The van der Waals surface area contributed by atoms with Crippen LogP contribution >= 0.6 is 0 Å². The number of rotatable bonds is 5. The van der Waals surface area contributed by atoms with E-state index in [0.717, 1.165) is 12.1 Å². The van der Waals surface area contributed by atoms with Crippen molar-refractivity contribution in [3.63, 3.8) is 0 Å². The van der Waals surface area contributed by atoms with E-state index in [9.17, 15) is 13.6 Å². The SMILES string of the molecule is CC=CCOCC(=O)c1c(F)cccc1F. The standard InChI is InChI=1S/C12H12F2O2/c1-2-3-7-16-8-11(15)12-9(13)5-4-6-10(12)14/h2-6H,7-8H2,1H3. The fourth-order valence-corrected chi connectivity index (χ4v) is 1.15. The van der Waals surface area contributed by atoms with E-state index in [2.05, 4.69) is 0 Å². The number of ketones is 1. The van der Waals surface area contributed by atoms with E-state index in [4.69, 9.17) is 4.74 Å². The number of hydrogen-bond acceptors (Lipinski definition) is 2. The Morgan fingerprint density at radius 2 is 2.00 bits per heavy atom. The third-order valence-corrected chi connectivity index (χ3v) is 1.92. The van der Waals surface area contributed by atoms with Crippen molar-refractivity contribution in [3.05, 3.63) is 47.5 Å². The fraction of sp³-hybridized carbons (Fsp3) is 0.250. The topological polar surface area (TPSA) is 26.3 Å². The quantitative estimate of drug-likeness (QED) is 0.438. The molecule has 4 heteroatoms. The van der Waals surface area contributed by atoms with Crippen molar-refractivity contribution >= 4 is 5.78 Å². The van der Waals surface area contributed by atoms with Crippen LogP contribution in [0.1, 0.15) is 17.3 Å². The van der Waals surface area contributed by atoms with E-state index in [-0.39, 0.29) is 13.2 Å². The normalized spacial score (nSPS) is 10.9. The smallest absolute Gasteiger partial charge is 0.194 e. The van der Waals surface area contributed by atoms with Crippen LogP contribution in [0.4, 0.5) is 8.78 Å². The third-order valence-electron chi connectivity index (χ3n) is 1.92. The zero-order valence-corrected chi connectivity index (χ0v) is 8.87. The van der Waals surface area contributed by atoms with Gasteiger partial charge < -0.3 is 4.74 Å². The van der Waals surface area contributed by atoms with Gasteiger partial charge in [-0.1, -0.05) is 18.2 Å². The molecule has 1 aromatic rings. The summed E-state index contributed by atoms with van der Waals surface area (Å²) in [7, 11) is 0. The maximum absolute atomic E-state index is 13.1. The minimum absolute atomic E-state index is 0.248. The molecule has 0 spiro atoms. The van der Waals surface area contributed by atoms with Crippen LogP contribution in [-0.4, -0.2) is 19.0 Å². The molecule has 0 saturated heterocycles. The maximum Gasteiger partial charge on any atom is 0.194 e. The lowest BCUT2D eigenvalue weighted by atomic mass is 10.1. The molecule has 0 saturated carbocycles. The summed E-state index contributed by atoms with van der Waals surface area (Å²) in [4.78, 5) is 11.4. The largest absolute Gasteiger partial charge is 0.369 e. The Balaban J connectivity index is 2.66. The number of benzene rings is 1. The monoisotopic (exact) mass is 226 g/mol. The number of hydrogen-bond donors (Lipinski definition) is 0. The molecule has 2 nitrogen and oxygen atoms in total. The second-order valence-corrected chi connectivity index (χ2v) is 3.10. The van der Waals surface area contributed by atoms with Gasteiger partial charge in [0, 0.05) is 0 Å².